The van der Waals surface area contributed by atoms with Crippen molar-refractivity contribution in [2.24, 2.45) is 0 Å². The molecule has 25 heavy (non-hydrogen) atoms. The van der Waals surface area contributed by atoms with Crippen molar-refractivity contribution in [2.45, 2.75) is 37.5 Å². The fourth-order valence-electron chi connectivity index (χ4n) is 3.60. The Balaban J connectivity index is 1.94. The highest BCUT2D eigenvalue weighted by Crippen LogP contribution is 2.33. The van der Waals surface area contributed by atoms with E-state index in [4.69, 9.17) is 9.47 Å². The van der Waals surface area contributed by atoms with Crippen LogP contribution < -0.4 is 0 Å². The Morgan fingerprint density at radius 2 is 2.24 bits per heavy atom. The molecule has 0 aliphatic carbocycles. The van der Waals surface area contributed by atoms with Gasteiger partial charge in [-0.05, 0) is 24.5 Å². The molecule has 0 aromatic rings. The summed E-state index contributed by atoms with van der Waals surface area (Å²) in [5, 5.41) is 20.1. The van der Waals surface area contributed by atoms with Crippen LogP contribution in [0.5, 0.6) is 0 Å². The molecule has 7 nitrogen and oxygen atoms in total. The van der Waals surface area contributed by atoms with E-state index in [0.29, 0.717) is 6.54 Å². The van der Waals surface area contributed by atoms with Crippen LogP contribution in [0.15, 0.2) is 35.5 Å². The normalized spacial score (nSPS) is 35.6. The minimum atomic E-state index is -2.25. The first kappa shape index (κ1) is 17.8. The molecular weight excluding hydrogens is 326 g/mol. The maximum absolute atomic E-state index is 12.5. The quantitative estimate of drug-likeness (QED) is 0.393. The number of carbonyl (C=O) groups excluding carboxylic acids is 2. The SMILES string of the molecule is C=C1C/C(=C\C)C(=O)O[C@@H]2CCN3CC=C(COC(=O)[C@]1(O)CO)[C@H]23. The summed E-state index contributed by atoms with van der Waals surface area (Å²) >= 11 is 0. The van der Waals surface area contributed by atoms with Gasteiger partial charge in [0.25, 0.3) is 0 Å². The molecular formula is C18H23NO6. The van der Waals surface area contributed by atoms with Crippen LogP contribution in [0, 0.1) is 0 Å². The summed E-state index contributed by atoms with van der Waals surface area (Å²) in [6.45, 7) is 5.98. The number of carbonyl (C=O) groups is 2. The van der Waals surface area contributed by atoms with Crippen molar-refractivity contribution in [1.82, 2.24) is 4.90 Å². The number of aliphatic hydroxyl groups excluding tert-OH is 1. The fourth-order valence-corrected chi connectivity index (χ4v) is 3.60. The number of allylic oxidation sites excluding steroid dienone is 1. The van der Waals surface area contributed by atoms with E-state index in [1.54, 1.807) is 13.0 Å². The molecule has 0 bridgehead atoms. The van der Waals surface area contributed by atoms with Gasteiger partial charge in [-0.2, -0.15) is 0 Å². The van der Waals surface area contributed by atoms with Gasteiger partial charge in [0.05, 0.1) is 12.6 Å². The molecule has 7 heteroatoms. The molecule has 0 amide bonds. The number of hydrogen-bond acceptors (Lipinski definition) is 7. The van der Waals surface area contributed by atoms with Crippen molar-refractivity contribution >= 4 is 11.9 Å². The van der Waals surface area contributed by atoms with Crippen molar-refractivity contribution in [3.05, 3.63) is 35.5 Å². The first-order valence-corrected chi connectivity index (χ1v) is 8.38. The lowest BCUT2D eigenvalue weighted by Gasteiger charge is -2.29. The van der Waals surface area contributed by atoms with Gasteiger partial charge in [-0.15, -0.1) is 0 Å². The van der Waals surface area contributed by atoms with Crippen molar-refractivity contribution in [1.29, 1.82) is 0 Å². The Hall–Kier alpha value is -1.96. The van der Waals surface area contributed by atoms with Gasteiger partial charge < -0.3 is 19.7 Å². The minimum absolute atomic E-state index is 0.00405. The molecule has 0 saturated carbocycles. The fraction of sp³-hybridized carbons (Fsp3) is 0.556. The average Bonchev–Trinajstić information content (AvgIpc) is 3.18. The summed E-state index contributed by atoms with van der Waals surface area (Å²) in [6.07, 6.45) is 3.87. The van der Waals surface area contributed by atoms with E-state index in [0.717, 1.165) is 18.5 Å². The van der Waals surface area contributed by atoms with Crippen molar-refractivity contribution in [3.8, 4) is 0 Å². The molecule has 0 radical (unpaired) electrons. The zero-order chi connectivity index (χ0) is 18.2. The van der Waals surface area contributed by atoms with Crippen LogP contribution in [0.3, 0.4) is 0 Å². The van der Waals surface area contributed by atoms with Crippen LogP contribution in [0.1, 0.15) is 19.8 Å². The van der Waals surface area contributed by atoms with Gasteiger partial charge in [-0.25, -0.2) is 9.59 Å². The van der Waals surface area contributed by atoms with E-state index in [9.17, 15) is 19.8 Å². The Kier molecular flexibility index (Phi) is 4.81. The summed E-state index contributed by atoms with van der Waals surface area (Å²) in [5.41, 5.74) is -1.12. The third kappa shape index (κ3) is 3.03. The molecule has 3 aliphatic heterocycles. The third-order valence-electron chi connectivity index (χ3n) is 5.21. The second kappa shape index (κ2) is 6.74. The van der Waals surface area contributed by atoms with Gasteiger partial charge in [0.15, 0.2) is 0 Å². The van der Waals surface area contributed by atoms with E-state index in [1.807, 2.05) is 6.08 Å². The molecule has 3 atom stereocenters. The summed E-state index contributed by atoms with van der Waals surface area (Å²) in [5.74, 6) is -1.45. The van der Waals surface area contributed by atoms with Gasteiger partial charge in [-0.1, -0.05) is 18.7 Å². The lowest BCUT2D eigenvalue weighted by Crippen LogP contribution is -2.46. The number of esters is 2. The Labute approximate surface area is 146 Å². The topological polar surface area (TPSA) is 96.3 Å². The van der Waals surface area contributed by atoms with Crippen LogP contribution in [0.25, 0.3) is 0 Å². The smallest absolute Gasteiger partial charge is 0.345 e. The summed E-state index contributed by atoms with van der Waals surface area (Å²) < 4.78 is 11.0. The molecule has 3 aliphatic rings. The maximum atomic E-state index is 12.5. The van der Waals surface area contributed by atoms with Crippen LogP contribution in [-0.2, 0) is 19.1 Å². The predicted octanol–water partition coefficient (Wildman–Crippen LogP) is 0.0853. The average molecular weight is 349 g/mol. The lowest BCUT2D eigenvalue weighted by atomic mass is 9.90. The van der Waals surface area contributed by atoms with E-state index in [1.165, 1.54) is 0 Å². The van der Waals surface area contributed by atoms with Gasteiger partial charge in [0.2, 0.25) is 5.60 Å². The van der Waals surface area contributed by atoms with Crippen LogP contribution in [-0.4, -0.2) is 71.1 Å². The molecule has 2 fully saturated rings. The highest BCUT2D eigenvalue weighted by Gasteiger charge is 2.45. The molecule has 3 rings (SSSR count). The number of nitrogens with zero attached hydrogens (tertiary/aromatic N) is 1. The lowest BCUT2D eigenvalue weighted by molar-refractivity contribution is -0.164. The number of aliphatic hydroxyl groups is 2. The predicted molar refractivity (Wildman–Crippen MR) is 88.4 cm³/mol. The molecule has 0 aromatic heterocycles. The molecule has 0 aromatic carbocycles. The third-order valence-corrected chi connectivity index (χ3v) is 5.21. The zero-order valence-corrected chi connectivity index (χ0v) is 14.2. The number of hydrogen-bond donors (Lipinski definition) is 2. The number of rotatable bonds is 1. The second-order valence-corrected chi connectivity index (χ2v) is 6.64. The zero-order valence-electron chi connectivity index (χ0n) is 14.2. The maximum Gasteiger partial charge on any atom is 0.345 e. The summed E-state index contributed by atoms with van der Waals surface area (Å²) in [6, 6.07) is -0.111. The monoisotopic (exact) mass is 349 g/mol. The molecule has 136 valence electrons. The molecule has 2 saturated heterocycles. The number of ether oxygens (including phenoxy) is 2. The van der Waals surface area contributed by atoms with E-state index in [-0.39, 0.29) is 36.3 Å². The van der Waals surface area contributed by atoms with Crippen LogP contribution in [0.2, 0.25) is 0 Å². The standard InChI is InChI=1S/C18H23NO6/c1-3-12-8-11(2)18(23,10-20)17(22)24-9-13-4-6-19-7-5-14(15(13)19)25-16(12)21/h3-4,14-15,20,23H,2,5-10H2,1H3/b12-3+/t14-,15-,18+/m1/s1. The molecule has 3 heterocycles. The van der Waals surface area contributed by atoms with Crippen LogP contribution in [0.4, 0.5) is 0 Å². The number of cyclic esters (lactones) is 1. The van der Waals surface area contributed by atoms with Crippen LogP contribution >= 0.6 is 0 Å². The Morgan fingerprint density at radius 3 is 2.92 bits per heavy atom. The van der Waals surface area contributed by atoms with E-state index >= 15 is 0 Å². The van der Waals surface area contributed by atoms with E-state index < -0.39 is 24.1 Å². The molecule has 2 N–H and O–H groups in total. The van der Waals surface area contributed by atoms with Crippen molar-refractivity contribution < 1.29 is 29.3 Å². The highest BCUT2D eigenvalue weighted by molar-refractivity contribution is 5.90. The van der Waals surface area contributed by atoms with Gasteiger partial charge >= 0.3 is 11.9 Å². The second-order valence-electron chi connectivity index (χ2n) is 6.64. The van der Waals surface area contributed by atoms with Gasteiger partial charge in [0, 0.05) is 25.1 Å². The molecule has 0 spiro atoms. The van der Waals surface area contributed by atoms with Crippen molar-refractivity contribution in [3.63, 3.8) is 0 Å². The van der Waals surface area contributed by atoms with Gasteiger partial charge in [-0.3, -0.25) is 4.90 Å². The Morgan fingerprint density at radius 1 is 1.48 bits per heavy atom. The first-order chi connectivity index (χ1) is 11.9. The largest absolute Gasteiger partial charge is 0.459 e. The summed E-state index contributed by atoms with van der Waals surface area (Å²) in [7, 11) is 0. The van der Waals surface area contributed by atoms with E-state index in [2.05, 4.69) is 11.5 Å². The highest BCUT2D eigenvalue weighted by atomic mass is 16.6. The minimum Gasteiger partial charge on any atom is -0.459 e. The summed E-state index contributed by atoms with van der Waals surface area (Å²) in [4.78, 5) is 27.1. The Bertz CT molecular complexity index is 666. The first-order valence-electron chi connectivity index (χ1n) is 8.38. The van der Waals surface area contributed by atoms with Gasteiger partial charge in [0.1, 0.15) is 12.7 Å². The van der Waals surface area contributed by atoms with Crippen molar-refractivity contribution in [2.75, 3.05) is 26.3 Å². The molecule has 0 unspecified atom stereocenters.